The maximum atomic E-state index is 12.5. The minimum Gasteiger partial charge on any atom is -0.368 e. The lowest BCUT2D eigenvalue weighted by Gasteiger charge is -2.35. The van der Waals surface area contributed by atoms with Crippen LogP contribution in [0.1, 0.15) is 39.0 Å². The number of nitrogens with zero attached hydrogens (tertiary/aromatic N) is 1. The van der Waals surface area contributed by atoms with Crippen molar-refractivity contribution in [3.63, 3.8) is 0 Å². The van der Waals surface area contributed by atoms with Crippen LogP contribution in [0.4, 0.5) is 0 Å². The molecule has 1 heterocycles. The highest BCUT2D eigenvalue weighted by Crippen LogP contribution is 2.32. The lowest BCUT2D eigenvalue weighted by Crippen LogP contribution is -2.48. The molecule has 2 aliphatic rings. The molecule has 1 aliphatic carbocycles. The third-order valence-electron chi connectivity index (χ3n) is 4.39. The first kappa shape index (κ1) is 13.3. The first-order valence-corrected chi connectivity index (χ1v) is 6.86. The molecule has 1 saturated heterocycles. The van der Waals surface area contributed by atoms with Crippen LogP contribution in [0.3, 0.4) is 0 Å². The number of nitrogens with two attached hydrogens (primary N) is 2. The molecule has 4 atom stereocenters. The fraction of sp³-hybridized carbons (Fsp3) is 0.846. The summed E-state index contributed by atoms with van der Waals surface area (Å²) in [4.78, 5) is 25.5. The van der Waals surface area contributed by atoms with Gasteiger partial charge in [-0.3, -0.25) is 9.59 Å². The van der Waals surface area contributed by atoms with Crippen molar-refractivity contribution in [1.82, 2.24) is 4.90 Å². The van der Waals surface area contributed by atoms with Gasteiger partial charge in [0.2, 0.25) is 11.8 Å². The van der Waals surface area contributed by atoms with E-state index in [9.17, 15) is 9.59 Å². The quantitative estimate of drug-likeness (QED) is 0.738. The van der Waals surface area contributed by atoms with Crippen LogP contribution in [0, 0.1) is 11.8 Å². The maximum absolute atomic E-state index is 12.5. The summed E-state index contributed by atoms with van der Waals surface area (Å²) in [6.45, 7) is 2.75. The Hall–Kier alpha value is -1.10. The third kappa shape index (κ3) is 2.51. The number of primary amides is 1. The van der Waals surface area contributed by atoms with Crippen molar-refractivity contribution < 1.29 is 9.59 Å². The second kappa shape index (κ2) is 5.26. The molecule has 1 saturated carbocycles. The van der Waals surface area contributed by atoms with Gasteiger partial charge in [0.15, 0.2) is 0 Å². The summed E-state index contributed by atoms with van der Waals surface area (Å²) < 4.78 is 0. The van der Waals surface area contributed by atoms with Gasteiger partial charge in [-0.1, -0.05) is 6.92 Å². The Morgan fingerprint density at radius 2 is 1.94 bits per heavy atom. The van der Waals surface area contributed by atoms with E-state index in [1.807, 2.05) is 0 Å². The summed E-state index contributed by atoms with van der Waals surface area (Å²) in [5.74, 6) is 0.0526. The topological polar surface area (TPSA) is 89.4 Å². The highest BCUT2D eigenvalue weighted by atomic mass is 16.2. The molecule has 5 nitrogen and oxygen atoms in total. The summed E-state index contributed by atoms with van der Waals surface area (Å²) in [6, 6.07) is -0.171. The van der Waals surface area contributed by atoms with E-state index in [0.29, 0.717) is 18.9 Å². The van der Waals surface area contributed by atoms with Crippen LogP contribution in [-0.4, -0.2) is 35.3 Å². The minimum atomic E-state index is -0.389. The molecule has 1 aliphatic heterocycles. The number of hydrogen-bond acceptors (Lipinski definition) is 3. The largest absolute Gasteiger partial charge is 0.368 e. The Bertz CT molecular complexity index is 345. The zero-order valence-corrected chi connectivity index (χ0v) is 11.0. The van der Waals surface area contributed by atoms with Crippen LogP contribution in [0.5, 0.6) is 0 Å². The van der Waals surface area contributed by atoms with E-state index in [-0.39, 0.29) is 29.8 Å². The molecular formula is C13H23N3O2. The van der Waals surface area contributed by atoms with Crippen molar-refractivity contribution in [2.75, 3.05) is 6.54 Å². The van der Waals surface area contributed by atoms with E-state index in [1.54, 1.807) is 4.90 Å². The monoisotopic (exact) mass is 253 g/mol. The van der Waals surface area contributed by atoms with Crippen LogP contribution >= 0.6 is 0 Å². The normalized spacial score (nSPS) is 36.7. The fourth-order valence-corrected chi connectivity index (χ4v) is 3.34. The summed E-state index contributed by atoms with van der Waals surface area (Å²) in [5, 5.41) is 0. The SMILES string of the molecule is CC1CC(N)CCC1C(=O)N1CCCC1C(N)=O. The van der Waals surface area contributed by atoms with Gasteiger partial charge in [-0.15, -0.1) is 0 Å². The van der Waals surface area contributed by atoms with Gasteiger partial charge in [0.1, 0.15) is 6.04 Å². The lowest BCUT2D eigenvalue weighted by molar-refractivity contribution is -0.143. The van der Waals surface area contributed by atoms with Crippen LogP contribution in [0.2, 0.25) is 0 Å². The standard InChI is InChI=1S/C13H23N3O2/c1-8-7-9(14)4-5-10(8)13(18)16-6-2-3-11(16)12(15)17/h8-11H,2-7,14H2,1H3,(H2,15,17). The first-order chi connectivity index (χ1) is 8.50. The molecule has 0 bridgehead atoms. The van der Waals surface area contributed by atoms with Gasteiger partial charge in [-0.05, 0) is 38.0 Å². The predicted molar refractivity (Wildman–Crippen MR) is 68.4 cm³/mol. The van der Waals surface area contributed by atoms with Gasteiger partial charge in [0, 0.05) is 18.5 Å². The van der Waals surface area contributed by atoms with Crippen molar-refractivity contribution in [3.8, 4) is 0 Å². The minimum absolute atomic E-state index is 0.0183. The molecule has 0 aromatic rings. The molecule has 5 heteroatoms. The second-order valence-electron chi connectivity index (χ2n) is 5.75. The van der Waals surface area contributed by atoms with Crippen molar-refractivity contribution >= 4 is 11.8 Å². The molecule has 102 valence electrons. The molecule has 0 radical (unpaired) electrons. The van der Waals surface area contributed by atoms with Crippen LogP contribution in [0.15, 0.2) is 0 Å². The lowest BCUT2D eigenvalue weighted by atomic mass is 9.77. The van der Waals surface area contributed by atoms with Crippen molar-refractivity contribution in [2.24, 2.45) is 23.3 Å². The molecule has 2 fully saturated rings. The van der Waals surface area contributed by atoms with Gasteiger partial charge >= 0.3 is 0 Å². The molecule has 0 aromatic carbocycles. The summed E-state index contributed by atoms with van der Waals surface area (Å²) in [6.07, 6.45) is 4.21. The van der Waals surface area contributed by atoms with Gasteiger partial charge in [-0.25, -0.2) is 0 Å². The van der Waals surface area contributed by atoms with Crippen LogP contribution in [0.25, 0.3) is 0 Å². The Kier molecular flexibility index (Phi) is 3.90. The molecule has 2 amide bonds. The predicted octanol–water partition coefficient (Wildman–Crippen LogP) is 0.226. The Morgan fingerprint density at radius 3 is 2.56 bits per heavy atom. The number of rotatable bonds is 2. The van der Waals surface area contributed by atoms with Crippen molar-refractivity contribution in [1.29, 1.82) is 0 Å². The fourth-order valence-electron chi connectivity index (χ4n) is 3.34. The highest BCUT2D eigenvalue weighted by Gasteiger charge is 2.39. The first-order valence-electron chi connectivity index (χ1n) is 6.86. The summed E-state index contributed by atoms with van der Waals surface area (Å²) in [5.41, 5.74) is 11.3. The van der Waals surface area contributed by atoms with E-state index in [1.165, 1.54) is 0 Å². The Labute approximate surface area is 108 Å². The molecule has 0 spiro atoms. The number of likely N-dealkylation sites (tertiary alicyclic amines) is 1. The van der Waals surface area contributed by atoms with E-state index in [2.05, 4.69) is 6.92 Å². The average Bonchev–Trinajstić information content (AvgIpc) is 2.77. The molecular weight excluding hydrogens is 230 g/mol. The number of carbonyl (C=O) groups is 2. The van der Waals surface area contributed by atoms with Gasteiger partial charge in [0.05, 0.1) is 0 Å². The van der Waals surface area contributed by atoms with Crippen molar-refractivity contribution in [2.45, 2.75) is 51.1 Å². The Balaban J connectivity index is 2.04. The third-order valence-corrected chi connectivity index (χ3v) is 4.39. The molecule has 18 heavy (non-hydrogen) atoms. The zero-order chi connectivity index (χ0) is 13.3. The number of hydrogen-bond donors (Lipinski definition) is 2. The van der Waals surface area contributed by atoms with Gasteiger partial charge in [0.25, 0.3) is 0 Å². The van der Waals surface area contributed by atoms with E-state index in [0.717, 1.165) is 25.7 Å². The smallest absolute Gasteiger partial charge is 0.240 e. The number of carbonyl (C=O) groups excluding carboxylic acids is 2. The van der Waals surface area contributed by atoms with E-state index >= 15 is 0 Å². The highest BCUT2D eigenvalue weighted by molar-refractivity contribution is 5.88. The molecule has 2 rings (SSSR count). The molecule has 4 N–H and O–H groups in total. The van der Waals surface area contributed by atoms with Crippen molar-refractivity contribution in [3.05, 3.63) is 0 Å². The second-order valence-corrected chi connectivity index (χ2v) is 5.75. The average molecular weight is 253 g/mol. The number of amides is 2. The Morgan fingerprint density at radius 1 is 1.22 bits per heavy atom. The van der Waals surface area contributed by atoms with Gasteiger partial charge in [-0.2, -0.15) is 0 Å². The summed E-state index contributed by atoms with van der Waals surface area (Å²) >= 11 is 0. The van der Waals surface area contributed by atoms with E-state index < -0.39 is 0 Å². The summed E-state index contributed by atoms with van der Waals surface area (Å²) in [7, 11) is 0. The maximum Gasteiger partial charge on any atom is 0.240 e. The van der Waals surface area contributed by atoms with Crippen LogP contribution in [-0.2, 0) is 9.59 Å². The van der Waals surface area contributed by atoms with E-state index in [4.69, 9.17) is 11.5 Å². The molecule has 4 unspecified atom stereocenters. The van der Waals surface area contributed by atoms with Gasteiger partial charge < -0.3 is 16.4 Å². The molecule has 0 aromatic heterocycles. The van der Waals surface area contributed by atoms with Crippen LogP contribution < -0.4 is 11.5 Å². The zero-order valence-electron chi connectivity index (χ0n) is 11.0.